The van der Waals surface area contributed by atoms with E-state index in [-0.39, 0.29) is 17.9 Å². The van der Waals surface area contributed by atoms with Crippen molar-refractivity contribution in [2.24, 2.45) is 0 Å². The lowest BCUT2D eigenvalue weighted by atomic mass is 9.97. The quantitative estimate of drug-likeness (QED) is 0.629. The molecule has 6 nitrogen and oxygen atoms in total. The number of likely N-dealkylation sites (N-methyl/N-ethyl adjacent to an activating group) is 1. The fraction of sp³-hybridized carbons (Fsp3) is 0.364. The SMILES string of the molecule is CC(CC(=O)NCC(Cc1ccc2[nH]c(=O)oc2c1)N(C)C)c1ccccc1. The van der Waals surface area contributed by atoms with Gasteiger partial charge in [-0.3, -0.25) is 9.78 Å². The summed E-state index contributed by atoms with van der Waals surface area (Å²) >= 11 is 0. The molecule has 2 unspecified atom stereocenters. The number of carbonyl (C=O) groups excluding carboxylic acids is 1. The number of aromatic nitrogens is 1. The van der Waals surface area contributed by atoms with Crippen molar-refractivity contribution in [1.82, 2.24) is 15.2 Å². The van der Waals surface area contributed by atoms with Gasteiger partial charge in [0.2, 0.25) is 5.91 Å². The van der Waals surface area contributed by atoms with Crippen LogP contribution in [0.1, 0.15) is 30.4 Å². The van der Waals surface area contributed by atoms with Gasteiger partial charge >= 0.3 is 5.76 Å². The molecular formula is C22H27N3O3. The molecule has 1 amide bonds. The summed E-state index contributed by atoms with van der Waals surface area (Å²) in [4.78, 5) is 28.5. The fourth-order valence-electron chi connectivity index (χ4n) is 3.31. The van der Waals surface area contributed by atoms with Crippen molar-refractivity contribution in [1.29, 1.82) is 0 Å². The Morgan fingerprint density at radius 2 is 1.93 bits per heavy atom. The number of hydrogen-bond donors (Lipinski definition) is 2. The van der Waals surface area contributed by atoms with Gasteiger partial charge in [0.05, 0.1) is 5.52 Å². The van der Waals surface area contributed by atoms with Gasteiger partial charge in [0.15, 0.2) is 5.58 Å². The lowest BCUT2D eigenvalue weighted by molar-refractivity contribution is -0.121. The highest BCUT2D eigenvalue weighted by Crippen LogP contribution is 2.18. The molecule has 2 atom stereocenters. The van der Waals surface area contributed by atoms with Gasteiger partial charge in [-0.05, 0) is 49.7 Å². The zero-order chi connectivity index (χ0) is 20.1. The molecule has 28 heavy (non-hydrogen) atoms. The summed E-state index contributed by atoms with van der Waals surface area (Å²) in [6.07, 6.45) is 1.21. The second kappa shape index (κ2) is 8.89. The Balaban J connectivity index is 1.57. The van der Waals surface area contributed by atoms with Crippen LogP contribution >= 0.6 is 0 Å². The second-order valence-electron chi connectivity index (χ2n) is 7.49. The van der Waals surface area contributed by atoms with Gasteiger partial charge < -0.3 is 14.6 Å². The molecule has 0 radical (unpaired) electrons. The third kappa shape index (κ3) is 5.10. The van der Waals surface area contributed by atoms with Crippen molar-refractivity contribution >= 4 is 17.0 Å². The van der Waals surface area contributed by atoms with E-state index in [1.165, 1.54) is 5.56 Å². The summed E-state index contributed by atoms with van der Waals surface area (Å²) in [5, 5.41) is 3.07. The van der Waals surface area contributed by atoms with Crippen molar-refractivity contribution < 1.29 is 9.21 Å². The van der Waals surface area contributed by atoms with E-state index < -0.39 is 5.76 Å². The van der Waals surface area contributed by atoms with E-state index in [1.54, 1.807) is 0 Å². The number of H-pyrrole nitrogens is 1. The maximum atomic E-state index is 12.4. The summed E-state index contributed by atoms with van der Waals surface area (Å²) in [6, 6.07) is 15.9. The molecular weight excluding hydrogens is 354 g/mol. The van der Waals surface area contributed by atoms with Crippen LogP contribution in [-0.2, 0) is 11.2 Å². The first-order valence-corrected chi connectivity index (χ1v) is 9.52. The summed E-state index contributed by atoms with van der Waals surface area (Å²) in [5.41, 5.74) is 3.48. The molecule has 2 N–H and O–H groups in total. The number of nitrogens with one attached hydrogen (secondary N) is 2. The Morgan fingerprint density at radius 3 is 2.64 bits per heavy atom. The maximum absolute atomic E-state index is 12.4. The second-order valence-corrected chi connectivity index (χ2v) is 7.49. The van der Waals surface area contributed by atoms with Crippen molar-refractivity contribution in [3.63, 3.8) is 0 Å². The lowest BCUT2D eigenvalue weighted by Crippen LogP contribution is -2.41. The number of hydrogen-bond acceptors (Lipinski definition) is 4. The molecule has 2 aromatic carbocycles. The molecule has 1 heterocycles. The van der Waals surface area contributed by atoms with Crippen molar-refractivity contribution in [2.75, 3.05) is 20.6 Å². The van der Waals surface area contributed by atoms with Crippen LogP contribution in [0.5, 0.6) is 0 Å². The average Bonchev–Trinajstić information content (AvgIpc) is 3.04. The topological polar surface area (TPSA) is 78.3 Å². The Bertz CT molecular complexity index is 975. The minimum Gasteiger partial charge on any atom is -0.408 e. The third-order valence-electron chi connectivity index (χ3n) is 5.08. The molecule has 0 saturated carbocycles. The highest BCUT2D eigenvalue weighted by molar-refractivity contribution is 5.77. The Labute approximate surface area is 164 Å². The van der Waals surface area contributed by atoms with Crippen LogP contribution in [0.25, 0.3) is 11.1 Å². The first-order chi connectivity index (χ1) is 13.4. The van der Waals surface area contributed by atoms with Gasteiger partial charge in [-0.1, -0.05) is 43.3 Å². The standard InChI is InChI=1S/C22H27N3O3/c1-15(17-7-5-4-6-8-17)11-21(26)23-14-18(25(2)3)12-16-9-10-19-20(13-16)28-22(27)24-19/h4-10,13,15,18H,11-12,14H2,1-3H3,(H,23,26)(H,24,27). The predicted molar refractivity (Wildman–Crippen MR) is 110 cm³/mol. The summed E-state index contributed by atoms with van der Waals surface area (Å²) in [5.74, 6) is -0.218. The first-order valence-electron chi connectivity index (χ1n) is 9.52. The van der Waals surface area contributed by atoms with E-state index in [0.29, 0.717) is 24.1 Å². The number of fused-ring (bicyclic) bond motifs is 1. The number of carbonyl (C=O) groups is 1. The van der Waals surface area contributed by atoms with Gasteiger partial charge in [-0.15, -0.1) is 0 Å². The largest absolute Gasteiger partial charge is 0.417 e. The molecule has 3 aromatic rings. The van der Waals surface area contributed by atoms with Gasteiger partial charge in [-0.25, -0.2) is 4.79 Å². The third-order valence-corrected chi connectivity index (χ3v) is 5.08. The van der Waals surface area contributed by atoms with E-state index in [1.807, 2.05) is 50.5 Å². The minimum absolute atomic E-state index is 0.0512. The Kier molecular flexibility index (Phi) is 6.31. The number of aromatic amines is 1. The van der Waals surface area contributed by atoms with Crippen LogP contribution in [0, 0.1) is 0 Å². The van der Waals surface area contributed by atoms with Gasteiger partial charge in [0, 0.05) is 19.0 Å². The zero-order valence-corrected chi connectivity index (χ0v) is 16.6. The van der Waals surface area contributed by atoms with E-state index in [0.717, 1.165) is 12.0 Å². The van der Waals surface area contributed by atoms with Crippen molar-refractivity contribution in [3.8, 4) is 0 Å². The predicted octanol–water partition coefficient (Wildman–Crippen LogP) is 2.90. The molecule has 0 spiro atoms. The fourth-order valence-corrected chi connectivity index (χ4v) is 3.31. The molecule has 1 aromatic heterocycles. The molecule has 0 saturated heterocycles. The molecule has 0 aliphatic rings. The summed E-state index contributed by atoms with van der Waals surface area (Å²) < 4.78 is 5.14. The molecule has 3 rings (SSSR count). The monoisotopic (exact) mass is 381 g/mol. The van der Waals surface area contributed by atoms with E-state index in [9.17, 15) is 9.59 Å². The van der Waals surface area contributed by atoms with Crippen molar-refractivity contribution in [2.45, 2.75) is 31.7 Å². The van der Waals surface area contributed by atoms with Crippen LogP contribution in [0.3, 0.4) is 0 Å². The highest BCUT2D eigenvalue weighted by atomic mass is 16.4. The van der Waals surface area contributed by atoms with E-state index >= 15 is 0 Å². The van der Waals surface area contributed by atoms with Crippen LogP contribution in [0.2, 0.25) is 0 Å². The summed E-state index contributed by atoms with van der Waals surface area (Å²) in [6.45, 7) is 2.63. The molecule has 0 fully saturated rings. The minimum atomic E-state index is -0.448. The first kappa shape index (κ1) is 19.9. The molecule has 0 aliphatic heterocycles. The van der Waals surface area contributed by atoms with Gasteiger partial charge in [0.25, 0.3) is 0 Å². The normalized spacial score (nSPS) is 13.6. The summed E-state index contributed by atoms with van der Waals surface area (Å²) in [7, 11) is 4.00. The number of benzene rings is 2. The van der Waals surface area contributed by atoms with E-state index in [2.05, 4.69) is 34.3 Å². The smallest absolute Gasteiger partial charge is 0.408 e. The van der Waals surface area contributed by atoms with Gasteiger partial charge in [0.1, 0.15) is 0 Å². The highest BCUT2D eigenvalue weighted by Gasteiger charge is 2.16. The van der Waals surface area contributed by atoms with Crippen LogP contribution in [-0.4, -0.2) is 42.5 Å². The number of oxazole rings is 1. The number of nitrogens with zero attached hydrogens (tertiary/aromatic N) is 1. The average molecular weight is 381 g/mol. The molecule has 6 heteroatoms. The van der Waals surface area contributed by atoms with E-state index in [4.69, 9.17) is 4.42 Å². The van der Waals surface area contributed by atoms with Crippen LogP contribution < -0.4 is 11.1 Å². The Morgan fingerprint density at radius 1 is 1.18 bits per heavy atom. The zero-order valence-electron chi connectivity index (χ0n) is 16.6. The maximum Gasteiger partial charge on any atom is 0.417 e. The number of rotatable bonds is 8. The Hall–Kier alpha value is -2.86. The molecule has 148 valence electrons. The van der Waals surface area contributed by atoms with Crippen LogP contribution in [0.4, 0.5) is 0 Å². The van der Waals surface area contributed by atoms with Crippen molar-refractivity contribution in [3.05, 3.63) is 70.2 Å². The van der Waals surface area contributed by atoms with Crippen LogP contribution in [0.15, 0.2) is 57.7 Å². The number of amides is 1. The molecule has 0 aliphatic carbocycles. The molecule has 0 bridgehead atoms. The lowest BCUT2D eigenvalue weighted by Gasteiger charge is -2.25. The van der Waals surface area contributed by atoms with Gasteiger partial charge in [-0.2, -0.15) is 0 Å².